The van der Waals surface area contributed by atoms with Crippen molar-refractivity contribution in [3.05, 3.63) is 142 Å². The van der Waals surface area contributed by atoms with Crippen LogP contribution in [0.5, 0.6) is 0 Å². The standard InChI is InChI=1S/C35H34FN3O2/c1-24(32-37-31-13-9-8-12-30(31)34(41)39(32)29-20-18-28(36)19-21-29)38(23-22-25-10-6-5-7-11-25)33(40)26-14-16-27(17-15-26)35(2,3)4/h5-21,24H,22-23H2,1-4H3. The number of para-hydroxylation sites is 1. The molecular weight excluding hydrogens is 513 g/mol. The highest BCUT2D eigenvalue weighted by Crippen LogP contribution is 2.27. The fourth-order valence-corrected chi connectivity index (χ4v) is 5.05. The summed E-state index contributed by atoms with van der Waals surface area (Å²) in [6, 6.07) is 30.1. The van der Waals surface area contributed by atoms with Gasteiger partial charge in [0.05, 0.1) is 22.6 Å². The lowest BCUT2D eigenvalue weighted by Gasteiger charge is -2.31. The fourth-order valence-electron chi connectivity index (χ4n) is 5.05. The average molecular weight is 548 g/mol. The van der Waals surface area contributed by atoms with Crippen LogP contribution < -0.4 is 5.56 Å². The number of amides is 1. The van der Waals surface area contributed by atoms with Crippen LogP contribution in [-0.2, 0) is 11.8 Å². The molecule has 0 aliphatic heterocycles. The van der Waals surface area contributed by atoms with Crippen molar-refractivity contribution in [3.8, 4) is 5.69 Å². The summed E-state index contributed by atoms with van der Waals surface area (Å²) in [4.78, 5) is 34.7. The Hall–Kier alpha value is -4.58. The maximum absolute atomic E-state index is 14.1. The third kappa shape index (κ3) is 5.97. The van der Waals surface area contributed by atoms with Crippen molar-refractivity contribution in [2.75, 3.05) is 6.54 Å². The largest absolute Gasteiger partial charge is 0.328 e. The number of hydrogen-bond donors (Lipinski definition) is 0. The maximum atomic E-state index is 14.1. The number of benzene rings is 4. The van der Waals surface area contributed by atoms with Crippen LogP contribution in [-0.4, -0.2) is 26.9 Å². The Bertz CT molecular complexity index is 1720. The predicted molar refractivity (Wildman–Crippen MR) is 162 cm³/mol. The molecule has 1 heterocycles. The Morgan fingerprint density at radius 3 is 2.17 bits per heavy atom. The zero-order valence-corrected chi connectivity index (χ0v) is 23.8. The van der Waals surface area contributed by atoms with Gasteiger partial charge in [-0.15, -0.1) is 0 Å². The molecular formula is C35H34FN3O2. The second kappa shape index (κ2) is 11.5. The molecule has 0 N–H and O–H groups in total. The van der Waals surface area contributed by atoms with Crippen molar-refractivity contribution in [3.63, 3.8) is 0 Å². The van der Waals surface area contributed by atoms with Gasteiger partial charge in [0.15, 0.2) is 0 Å². The van der Waals surface area contributed by atoms with Crippen molar-refractivity contribution < 1.29 is 9.18 Å². The third-order valence-electron chi connectivity index (χ3n) is 7.47. The molecule has 1 amide bonds. The molecule has 0 aliphatic carbocycles. The molecule has 1 atom stereocenters. The monoisotopic (exact) mass is 547 g/mol. The second-order valence-electron chi connectivity index (χ2n) is 11.3. The molecule has 5 nitrogen and oxygen atoms in total. The van der Waals surface area contributed by atoms with Gasteiger partial charge < -0.3 is 4.90 Å². The van der Waals surface area contributed by atoms with E-state index in [0.717, 1.165) is 11.1 Å². The van der Waals surface area contributed by atoms with Crippen molar-refractivity contribution in [1.82, 2.24) is 14.5 Å². The first kappa shape index (κ1) is 28.0. The van der Waals surface area contributed by atoms with Crippen molar-refractivity contribution in [2.24, 2.45) is 0 Å². The topological polar surface area (TPSA) is 55.2 Å². The van der Waals surface area contributed by atoms with Crippen LogP contribution in [0.1, 0.15) is 61.0 Å². The van der Waals surface area contributed by atoms with Gasteiger partial charge in [0.25, 0.3) is 11.5 Å². The quantitative estimate of drug-likeness (QED) is 0.215. The molecule has 0 saturated heterocycles. The molecule has 6 heteroatoms. The average Bonchev–Trinajstić information content (AvgIpc) is 2.98. The number of nitrogens with zero attached hydrogens (tertiary/aromatic N) is 3. The minimum Gasteiger partial charge on any atom is -0.328 e. The van der Waals surface area contributed by atoms with E-state index in [1.54, 1.807) is 35.2 Å². The molecule has 0 bridgehead atoms. The third-order valence-corrected chi connectivity index (χ3v) is 7.47. The molecule has 1 aromatic heterocycles. The summed E-state index contributed by atoms with van der Waals surface area (Å²) in [5.74, 6) is -0.140. The van der Waals surface area contributed by atoms with Crippen LogP contribution in [0.15, 0.2) is 108 Å². The van der Waals surface area contributed by atoms with Crippen LogP contribution >= 0.6 is 0 Å². The molecule has 5 aromatic rings. The first-order valence-corrected chi connectivity index (χ1v) is 13.9. The van der Waals surface area contributed by atoms with E-state index in [4.69, 9.17) is 4.98 Å². The highest BCUT2D eigenvalue weighted by Gasteiger charge is 2.28. The fraction of sp³-hybridized carbons (Fsp3) is 0.229. The summed E-state index contributed by atoms with van der Waals surface area (Å²) < 4.78 is 15.3. The Morgan fingerprint density at radius 1 is 0.878 bits per heavy atom. The van der Waals surface area contributed by atoms with Crippen LogP contribution in [0, 0.1) is 5.82 Å². The number of carbonyl (C=O) groups excluding carboxylic acids is 1. The summed E-state index contributed by atoms with van der Waals surface area (Å²) in [6.45, 7) is 8.72. The van der Waals surface area contributed by atoms with E-state index < -0.39 is 11.9 Å². The maximum Gasteiger partial charge on any atom is 0.266 e. The van der Waals surface area contributed by atoms with Crippen molar-refractivity contribution in [2.45, 2.75) is 45.6 Å². The van der Waals surface area contributed by atoms with Crippen molar-refractivity contribution >= 4 is 16.8 Å². The van der Waals surface area contributed by atoms with Crippen LogP contribution in [0.2, 0.25) is 0 Å². The Kier molecular flexibility index (Phi) is 7.84. The van der Waals surface area contributed by atoms with E-state index in [-0.39, 0.29) is 16.9 Å². The van der Waals surface area contributed by atoms with Crippen LogP contribution in [0.3, 0.4) is 0 Å². The Labute approximate surface area is 239 Å². The molecule has 1 unspecified atom stereocenters. The number of hydrogen-bond acceptors (Lipinski definition) is 3. The van der Waals surface area contributed by atoms with Gasteiger partial charge in [0.2, 0.25) is 0 Å². The summed E-state index contributed by atoms with van der Waals surface area (Å²) >= 11 is 0. The molecule has 0 radical (unpaired) electrons. The van der Waals surface area contributed by atoms with E-state index in [2.05, 4.69) is 20.8 Å². The highest BCUT2D eigenvalue weighted by atomic mass is 19.1. The van der Waals surface area contributed by atoms with E-state index >= 15 is 0 Å². The summed E-state index contributed by atoms with van der Waals surface area (Å²) in [5.41, 5.74) is 3.53. The van der Waals surface area contributed by atoms with E-state index in [1.807, 2.05) is 67.6 Å². The SMILES string of the molecule is CC(c1nc2ccccc2c(=O)n1-c1ccc(F)cc1)N(CCc1ccccc1)C(=O)c1ccc(C(C)(C)C)cc1. The first-order chi connectivity index (χ1) is 19.6. The Morgan fingerprint density at radius 2 is 1.51 bits per heavy atom. The minimum absolute atomic E-state index is 0.0396. The lowest BCUT2D eigenvalue weighted by Crippen LogP contribution is -2.38. The van der Waals surface area contributed by atoms with E-state index in [0.29, 0.717) is 40.9 Å². The summed E-state index contributed by atoms with van der Waals surface area (Å²) in [5, 5.41) is 0.452. The Balaban J connectivity index is 1.62. The predicted octanol–water partition coefficient (Wildman–Crippen LogP) is 7.27. The molecule has 4 aromatic carbocycles. The van der Waals surface area contributed by atoms with Gasteiger partial charge >= 0.3 is 0 Å². The van der Waals surface area contributed by atoms with Crippen molar-refractivity contribution in [1.29, 1.82) is 0 Å². The first-order valence-electron chi connectivity index (χ1n) is 13.9. The van der Waals surface area contributed by atoms with Gasteiger partial charge in [-0.2, -0.15) is 0 Å². The number of halogens is 1. The lowest BCUT2D eigenvalue weighted by molar-refractivity contribution is 0.0683. The molecule has 41 heavy (non-hydrogen) atoms. The van der Waals surface area contributed by atoms with Gasteiger partial charge in [-0.25, -0.2) is 9.37 Å². The molecule has 0 fully saturated rings. The summed E-state index contributed by atoms with van der Waals surface area (Å²) in [7, 11) is 0. The van der Waals surface area contributed by atoms with Gasteiger partial charge in [-0.3, -0.25) is 14.2 Å². The highest BCUT2D eigenvalue weighted by molar-refractivity contribution is 5.94. The lowest BCUT2D eigenvalue weighted by atomic mass is 9.86. The van der Waals surface area contributed by atoms with Gasteiger partial charge in [0, 0.05) is 12.1 Å². The molecule has 0 spiro atoms. The zero-order valence-electron chi connectivity index (χ0n) is 23.8. The number of aromatic nitrogens is 2. The van der Waals surface area contributed by atoms with Crippen LogP contribution in [0.25, 0.3) is 16.6 Å². The zero-order chi connectivity index (χ0) is 29.1. The van der Waals surface area contributed by atoms with Gasteiger partial charge in [-0.1, -0.05) is 75.4 Å². The molecule has 0 aliphatic rings. The molecule has 208 valence electrons. The number of fused-ring (bicyclic) bond motifs is 1. The molecule has 5 rings (SSSR count). The number of carbonyl (C=O) groups is 1. The minimum atomic E-state index is -0.573. The van der Waals surface area contributed by atoms with E-state index in [1.165, 1.54) is 16.7 Å². The van der Waals surface area contributed by atoms with Gasteiger partial charge in [-0.05, 0) is 78.4 Å². The van der Waals surface area contributed by atoms with Crippen LogP contribution in [0.4, 0.5) is 4.39 Å². The number of rotatable bonds is 7. The smallest absolute Gasteiger partial charge is 0.266 e. The van der Waals surface area contributed by atoms with Gasteiger partial charge in [0.1, 0.15) is 11.6 Å². The normalized spacial score (nSPS) is 12.3. The van der Waals surface area contributed by atoms with E-state index in [9.17, 15) is 14.0 Å². The molecule has 0 saturated carbocycles. The summed E-state index contributed by atoms with van der Waals surface area (Å²) in [6.07, 6.45) is 0.630. The second-order valence-corrected chi connectivity index (χ2v) is 11.3.